The molecule has 24 heavy (non-hydrogen) atoms. The Morgan fingerprint density at radius 2 is 2.12 bits per heavy atom. The van der Waals surface area contributed by atoms with Crippen molar-refractivity contribution >= 4 is 17.7 Å². The van der Waals surface area contributed by atoms with Gasteiger partial charge in [0, 0.05) is 0 Å². The van der Waals surface area contributed by atoms with Gasteiger partial charge in [-0.2, -0.15) is 9.94 Å². The molecular formula is C15H18N6O2S. The second-order valence-corrected chi connectivity index (χ2v) is 6.64. The SMILES string of the molecule is CC(C)[C@](C)(C#N)NC(=O)CSc1nnnn1-c1ccc(O)cc1. The molecule has 2 rings (SSSR count). The van der Waals surface area contributed by atoms with E-state index in [4.69, 9.17) is 0 Å². The van der Waals surface area contributed by atoms with Crippen molar-refractivity contribution in [2.24, 2.45) is 5.92 Å². The van der Waals surface area contributed by atoms with Crippen LogP contribution in [0.5, 0.6) is 5.75 Å². The number of carbonyl (C=O) groups excluding carboxylic acids is 1. The lowest BCUT2D eigenvalue weighted by atomic mass is 9.90. The first kappa shape index (κ1) is 17.7. The predicted octanol–water partition coefficient (Wildman–Crippen LogP) is 1.51. The monoisotopic (exact) mass is 346 g/mol. The number of hydrogen-bond acceptors (Lipinski definition) is 7. The molecule has 0 fully saturated rings. The van der Waals surface area contributed by atoms with Crippen molar-refractivity contribution in [2.75, 3.05) is 5.75 Å². The van der Waals surface area contributed by atoms with Crippen LogP contribution in [0.1, 0.15) is 20.8 Å². The van der Waals surface area contributed by atoms with Crippen molar-refractivity contribution in [3.8, 4) is 17.5 Å². The summed E-state index contributed by atoms with van der Waals surface area (Å²) in [6.07, 6.45) is 0. The van der Waals surface area contributed by atoms with E-state index < -0.39 is 5.54 Å². The summed E-state index contributed by atoms with van der Waals surface area (Å²) in [5.74, 6) is -0.0516. The van der Waals surface area contributed by atoms with E-state index in [-0.39, 0.29) is 23.3 Å². The smallest absolute Gasteiger partial charge is 0.231 e. The van der Waals surface area contributed by atoms with Crippen LogP contribution >= 0.6 is 11.8 Å². The molecule has 0 saturated carbocycles. The molecule has 9 heteroatoms. The number of aromatic nitrogens is 4. The van der Waals surface area contributed by atoms with Gasteiger partial charge in [-0.25, -0.2) is 0 Å². The number of nitrogens with zero attached hydrogens (tertiary/aromatic N) is 5. The van der Waals surface area contributed by atoms with Crippen LogP contribution in [0, 0.1) is 17.2 Å². The summed E-state index contributed by atoms with van der Waals surface area (Å²) in [6, 6.07) is 8.52. The third-order valence-corrected chi connectivity index (χ3v) is 4.57. The number of amides is 1. The van der Waals surface area contributed by atoms with Crippen LogP contribution in [0.4, 0.5) is 0 Å². The molecule has 1 amide bonds. The number of phenols is 1. The van der Waals surface area contributed by atoms with Crippen LogP contribution in [0.25, 0.3) is 5.69 Å². The molecule has 1 heterocycles. The largest absolute Gasteiger partial charge is 0.508 e. The highest BCUT2D eigenvalue weighted by molar-refractivity contribution is 7.99. The standard InChI is InChI=1S/C15H18N6O2S/c1-10(2)15(3,9-16)17-13(23)8-24-14-18-19-20-21(14)11-4-6-12(22)7-5-11/h4-7,10,22H,8H2,1-3H3,(H,17,23)/t15-/m0/s1. The zero-order valence-corrected chi connectivity index (χ0v) is 14.4. The minimum atomic E-state index is -0.916. The number of benzene rings is 1. The van der Waals surface area contributed by atoms with Gasteiger partial charge in [-0.1, -0.05) is 25.6 Å². The Hall–Kier alpha value is -2.60. The van der Waals surface area contributed by atoms with Gasteiger partial charge in [-0.3, -0.25) is 4.79 Å². The molecule has 2 aromatic rings. The summed E-state index contributed by atoms with van der Waals surface area (Å²) in [4.78, 5) is 12.1. The number of carbonyl (C=O) groups is 1. The molecular weight excluding hydrogens is 328 g/mol. The van der Waals surface area contributed by atoms with Gasteiger partial charge in [-0.05, 0) is 47.5 Å². The summed E-state index contributed by atoms with van der Waals surface area (Å²) in [5.41, 5.74) is -0.245. The van der Waals surface area contributed by atoms with Gasteiger partial charge in [-0.15, -0.1) is 5.10 Å². The number of thioether (sulfide) groups is 1. The highest BCUT2D eigenvalue weighted by atomic mass is 32.2. The molecule has 0 saturated heterocycles. The van der Waals surface area contributed by atoms with E-state index in [0.717, 1.165) is 0 Å². The Balaban J connectivity index is 2.03. The maximum Gasteiger partial charge on any atom is 0.231 e. The summed E-state index contributed by atoms with van der Waals surface area (Å²) < 4.78 is 1.48. The lowest BCUT2D eigenvalue weighted by Crippen LogP contribution is -2.49. The Kier molecular flexibility index (Phi) is 5.41. The first-order valence-electron chi connectivity index (χ1n) is 7.28. The Bertz CT molecular complexity index is 752. The van der Waals surface area contributed by atoms with Crippen LogP contribution in [0.15, 0.2) is 29.4 Å². The fraction of sp³-hybridized carbons (Fsp3) is 0.400. The molecule has 0 aliphatic heterocycles. The van der Waals surface area contributed by atoms with Crippen LogP contribution < -0.4 is 5.32 Å². The number of aromatic hydroxyl groups is 1. The molecule has 2 N–H and O–H groups in total. The topological polar surface area (TPSA) is 117 Å². The summed E-state index contributed by atoms with van der Waals surface area (Å²) in [7, 11) is 0. The first-order chi connectivity index (χ1) is 11.4. The van der Waals surface area contributed by atoms with Crippen molar-refractivity contribution in [3.63, 3.8) is 0 Å². The number of phenolic OH excluding ortho intramolecular Hbond substituents is 1. The van der Waals surface area contributed by atoms with Crippen molar-refractivity contribution in [1.82, 2.24) is 25.5 Å². The molecule has 1 aromatic carbocycles. The number of rotatable bonds is 6. The fourth-order valence-electron chi connectivity index (χ4n) is 1.78. The summed E-state index contributed by atoms with van der Waals surface area (Å²) >= 11 is 1.17. The minimum absolute atomic E-state index is 0.0150. The molecule has 0 aliphatic rings. The number of nitriles is 1. The number of nitrogens with one attached hydrogen (secondary N) is 1. The lowest BCUT2D eigenvalue weighted by molar-refractivity contribution is -0.120. The Morgan fingerprint density at radius 1 is 1.46 bits per heavy atom. The molecule has 0 radical (unpaired) electrons. The van der Waals surface area contributed by atoms with Gasteiger partial charge in [0.15, 0.2) is 0 Å². The maximum absolute atomic E-state index is 12.1. The van der Waals surface area contributed by atoms with E-state index in [1.165, 1.54) is 28.6 Å². The van der Waals surface area contributed by atoms with Gasteiger partial charge < -0.3 is 10.4 Å². The van der Waals surface area contributed by atoms with Gasteiger partial charge >= 0.3 is 0 Å². The maximum atomic E-state index is 12.1. The second kappa shape index (κ2) is 7.31. The van der Waals surface area contributed by atoms with Crippen LogP contribution in [-0.4, -0.2) is 42.5 Å². The van der Waals surface area contributed by atoms with E-state index >= 15 is 0 Å². The molecule has 126 valence electrons. The third kappa shape index (κ3) is 4.02. The van der Waals surface area contributed by atoms with Crippen molar-refractivity contribution in [3.05, 3.63) is 24.3 Å². The van der Waals surface area contributed by atoms with Gasteiger partial charge in [0.1, 0.15) is 11.3 Å². The average molecular weight is 346 g/mol. The normalized spacial score (nSPS) is 13.3. The quantitative estimate of drug-likeness (QED) is 0.761. The Morgan fingerprint density at radius 3 is 2.71 bits per heavy atom. The van der Waals surface area contributed by atoms with Crippen molar-refractivity contribution in [1.29, 1.82) is 5.26 Å². The van der Waals surface area contributed by atoms with E-state index in [1.54, 1.807) is 19.1 Å². The Labute approximate surface area is 143 Å². The van der Waals surface area contributed by atoms with E-state index in [0.29, 0.717) is 10.8 Å². The van der Waals surface area contributed by atoms with E-state index in [9.17, 15) is 15.2 Å². The zero-order chi connectivity index (χ0) is 17.7. The average Bonchev–Trinajstić information content (AvgIpc) is 3.02. The first-order valence-corrected chi connectivity index (χ1v) is 8.27. The van der Waals surface area contributed by atoms with Crippen LogP contribution in [-0.2, 0) is 4.79 Å². The molecule has 0 bridgehead atoms. The lowest BCUT2D eigenvalue weighted by Gasteiger charge is -2.27. The van der Waals surface area contributed by atoms with Gasteiger partial charge in [0.2, 0.25) is 11.1 Å². The molecule has 0 aliphatic carbocycles. The minimum Gasteiger partial charge on any atom is -0.508 e. The van der Waals surface area contributed by atoms with Crippen LogP contribution in [0.2, 0.25) is 0 Å². The third-order valence-electron chi connectivity index (χ3n) is 3.65. The van der Waals surface area contributed by atoms with Crippen molar-refractivity contribution in [2.45, 2.75) is 31.5 Å². The summed E-state index contributed by atoms with van der Waals surface area (Å²) in [6.45, 7) is 5.45. The molecule has 0 unspecified atom stereocenters. The molecule has 1 atom stereocenters. The molecule has 8 nitrogen and oxygen atoms in total. The molecule has 0 spiro atoms. The van der Waals surface area contributed by atoms with E-state index in [1.807, 2.05) is 13.8 Å². The van der Waals surface area contributed by atoms with Crippen LogP contribution in [0.3, 0.4) is 0 Å². The zero-order valence-electron chi connectivity index (χ0n) is 13.6. The van der Waals surface area contributed by atoms with Gasteiger partial charge in [0.25, 0.3) is 0 Å². The van der Waals surface area contributed by atoms with E-state index in [2.05, 4.69) is 26.9 Å². The number of tetrazole rings is 1. The number of hydrogen-bond donors (Lipinski definition) is 2. The van der Waals surface area contributed by atoms with Crippen molar-refractivity contribution < 1.29 is 9.90 Å². The highest BCUT2D eigenvalue weighted by Gasteiger charge is 2.30. The van der Waals surface area contributed by atoms with Gasteiger partial charge in [0.05, 0.1) is 17.5 Å². The fourth-order valence-corrected chi connectivity index (χ4v) is 2.47. The summed E-state index contributed by atoms with van der Waals surface area (Å²) in [5, 5.41) is 33.1. The second-order valence-electron chi connectivity index (χ2n) is 5.70. The molecule has 1 aromatic heterocycles. The highest BCUT2D eigenvalue weighted by Crippen LogP contribution is 2.21. The predicted molar refractivity (Wildman–Crippen MR) is 88.5 cm³/mol.